The van der Waals surface area contributed by atoms with Crippen molar-refractivity contribution in [1.29, 1.82) is 0 Å². The molecule has 0 aliphatic carbocycles. The molecule has 4 N–H and O–H groups in total. The summed E-state index contributed by atoms with van der Waals surface area (Å²) in [6.45, 7) is 9.87. The molecule has 0 fully saturated rings. The summed E-state index contributed by atoms with van der Waals surface area (Å²) in [6, 6.07) is 18.2. The minimum Gasteiger partial charge on any atom is -0.492 e. The summed E-state index contributed by atoms with van der Waals surface area (Å²) >= 11 is 6.58. The van der Waals surface area contributed by atoms with Crippen LogP contribution in [0.25, 0.3) is 0 Å². The number of amides is 1. The molecule has 46 heavy (non-hydrogen) atoms. The van der Waals surface area contributed by atoms with Gasteiger partial charge < -0.3 is 24.9 Å². The highest BCUT2D eigenvalue weighted by Gasteiger charge is 2.24. The number of nitrogens with two attached hydrogens (primary N) is 1. The highest BCUT2D eigenvalue weighted by Crippen LogP contribution is 2.36. The van der Waals surface area contributed by atoms with Crippen molar-refractivity contribution in [2.24, 2.45) is 5.92 Å². The predicted octanol–water partition coefficient (Wildman–Crippen LogP) is 7.61. The van der Waals surface area contributed by atoms with Gasteiger partial charge >= 0.3 is 6.09 Å². The molecular weight excluding hydrogens is 608 g/mol. The molecule has 1 aromatic heterocycles. The monoisotopic (exact) mass is 646 g/mol. The molecule has 0 aliphatic heterocycles. The fourth-order valence-electron chi connectivity index (χ4n) is 4.75. The summed E-state index contributed by atoms with van der Waals surface area (Å²) in [6.07, 6.45) is 1.40. The van der Waals surface area contributed by atoms with Crippen molar-refractivity contribution in [2.75, 3.05) is 24.3 Å². The molecule has 0 unspecified atom stereocenters. The molecule has 1 amide bonds. The van der Waals surface area contributed by atoms with E-state index in [4.69, 9.17) is 31.5 Å². The number of benzene rings is 3. The number of aromatic nitrogens is 2. The largest absolute Gasteiger partial charge is 0.492 e. The van der Waals surface area contributed by atoms with Gasteiger partial charge in [-0.3, -0.25) is 14.9 Å². The standard InChI is InChI=1S/C35H39ClN4O6/c1-21(2)32(42)28-13-10-25(18-29(28)22(3)41)40-34(43)45-16-6-15-44-31-14-9-24(17-30(31)36)35(4,5)23-7-11-27(12-8-23)46-20-26-19-38-33(37)39-26/h7-14,17-19,21H,6,15-16,20H2,1-5H3,(H,40,43)(H3,37,38,39). The molecule has 0 bridgehead atoms. The van der Waals surface area contributed by atoms with E-state index in [9.17, 15) is 14.4 Å². The van der Waals surface area contributed by atoms with E-state index in [1.165, 1.54) is 13.0 Å². The second-order valence-corrected chi connectivity index (χ2v) is 12.1. The molecule has 4 rings (SSSR count). The van der Waals surface area contributed by atoms with E-state index >= 15 is 0 Å². The number of anilines is 2. The third kappa shape index (κ3) is 8.66. The summed E-state index contributed by atoms with van der Waals surface area (Å²) in [5.74, 6) is 0.958. The zero-order valence-electron chi connectivity index (χ0n) is 26.6. The van der Waals surface area contributed by atoms with Crippen LogP contribution in [-0.2, 0) is 16.8 Å². The van der Waals surface area contributed by atoms with E-state index < -0.39 is 6.09 Å². The molecule has 1 heterocycles. The van der Waals surface area contributed by atoms with Crippen LogP contribution in [0.4, 0.5) is 16.4 Å². The zero-order chi connectivity index (χ0) is 33.4. The Balaban J connectivity index is 1.24. The number of ketones is 2. The van der Waals surface area contributed by atoms with Gasteiger partial charge in [0, 0.05) is 34.6 Å². The number of rotatable bonds is 14. The lowest BCUT2D eigenvalue weighted by atomic mass is 9.78. The van der Waals surface area contributed by atoms with Gasteiger partial charge in [-0.05, 0) is 60.5 Å². The number of ether oxygens (including phenoxy) is 3. The maximum Gasteiger partial charge on any atom is 0.411 e. The first-order valence-electron chi connectivity index (χ1n) is 14.9. The average molecular weight is 647 g/mol. The molecular formula is C35H39ClN4O6. The normalized spacial score (nSPS) is 11.3. The first-order chi connectivity index (χ1) is 21.8. The summed E-state index contributed by atoms with van der Waals surface area (Å²) in [4.78, 5) is 43.7. The molecule has 4 aromatic rings. The van der Waals surface area contributed by atoms with E-state index in [-0.39, 0.29) is 41.7 Å². The van der Waals surface area contributed by atoms with Gasteiger partial charge in [-0.1, -0.05) is 57.5 Å². The van der Waals surface area contributed by atoms with Gasteiger partial charge in [-0.2, -0.15) is 0 Å². The molecule has 3 aromatic carbocycles. The van der Waals surface area contributed by atoms with Crippen LogP contribution in [0.2, 0.25) is 5.02 Å². The number of nitrogens with one attached hydrogen (secondary N) is 2. The van der Waals surface area contributed by atoms with Crippen molar-refractivity contribution >= 4 is 40.9 Å². The van der Waals surface area contributed by atoms with Crippen molar-refractivity contribution in [2.45, 2.75) is 53.1 Å². The Bertz CT molecular complexity index is 1700. The maximum absolute atomic E-state index is 12.4. The fourth-order valence-corrected chi connectivity index (χ4v) is 4.99. The summed E-state index contributed by atoms with van der Waals surface area (Å²) in [5, 5.41) is 3.08. The predicted molar refractivity (Wildman–Crippen MR) is 178 cm³/mol. The molecule has 11 heteroatoms. The van der Waals surface area contributed by atoms with Crippen LogP contribution in [0, 0.1) is 5.92 Å². The minimum absolute atomic E-state index is 0.105. The first-order valence-corrected chi connectivity index (χ1v) is 15.3. The van der Waals surface area contributed by atoms with Crippen LogP contribution < -0.4 is 20.5 Å². The zero-order valence-corrected chi connectivity index (χ0v) is 27.4. The van der Waals surface area contributed by atoms with Gasteiger partial charge in [0.2, 0.25) is 0 Å². The van der Waals surface area contributed by atoms with Gasteiger partial charge in [-0.15, -0.1) is 0 Å². The molecule has 0 saturated carbocycles. The number of carbonyl (C=O) groups is 3. The topological polar surface area (TPSA) is 146 Å². The molecule has 0 spiro atoms. The number of nitrogens with zero attached hydrogens (tertiary/aromatic N) is 1. The molecule has 0 saturated heterocycles. The average Bonchev–Trinajstić information content (AvgIpc) is 3.45. The number of imidazole rings is 1. The number of carbonyl (C=O) groups excluding carboxylic acids is 3. The van der Waals surface area contributed by atoms with Gasteiger partial charge in [0.25, 0.3) is 0 Å². The van der Waals surface area contributed by atoms with Crippen molar-refractivity contribution in [3.05, 3.63) is 99.8 Å². The molecule has 0 radical (unpaired) electrons. The SMILES string of the molecule is CC(=O)c1cc(NC(=O)OCCCOc2ccc(C(C)(C)c3ccc(OCc4cnc(N)[nH]4)cc3)cc2Cl)ccc1C(=O)C(C)C. The van der Waals surface area contributed by atoms with Crippen LogP contribution in [0.5, 0.6) is 11.5 Å². The van der Waals surface area contributed by atoms with Gasteiger partial charge in [-0.25, -0.2) is 9.78 Å². The molecule has 0 aliphatic rings. The highest BCUT2D eigenvalue weighted by atomic mass is 35.5. The van der Waals surface area contributed by atoms with Crippen molar-refractivity contribution in [1.82, 2.24) is 9.97 Å². The maximum atomic E-state index is 12.4. The van der Waals surface area contributed by atoms with Crippen molar-refractivity contribution < 1.29 is 28.6 Å². The van der Waals surface area contributed by atoms with Crippen LogP contribution in [0.1, 0.15) is 78.6 Å². The number of nitrogen functional groups attached to an aromatic ring is 1. The Kier molecular flexibility index (Phi) is 11.1. The molecule has 242 valence electrons. The fraction of sp³-hybridized carbons (Fsp3) is 0.314. The second-order valence-electron chi connectivity index (χ2n) is 11.7. The third-order valence-corrected chi connectivity index (χ3v) is 7.78. The van der Waals surface area contributed by atoms with E-state index in [1.54, 1.807) is 32.2 Å². The second kappa shape index (κ2) is 15.0. The third-order valence-electron chi connectivity index (χ3n) is 7.49. The summed E-state index contributed by atoms with van der Waals surface area (Å²) in [5.41, 5.74) is 9.12. The van der Waals surface area contributed by atoms with E-state index in [2.05, 4.69) is 29.1 Å². The lowest BCUT2D eigenvalue weighted by Crippen LogP contribution is -2.19. The van der Waals surface area contributed by atoms with Crippen LogP contribution in [-0.4, -0.2) is 40.8 Å². The molecule has 0 atom stereocenters. The van der Waals surface area contributed by atoms with E-state index in [0.29, 0.717) is 41.0 Å². The number of aromatic amines is 1. The quantitative estimate of drug-likeness (QED) is 0.0937. The van der Waals surface area contributed by atoms with Gasteiger partial charge in [0.1, 0.15) is 18.1 Å². The van der Waals surface area contributed by atoms with Crippen molar-refractivity contribution in [3.8, 4) is 11.5 Å². The number of hydrogen-bond acceptors (Lipinski definition) is 8. The number of Topliss-reactive ketones (excluding diaryl/α,β-unsaturated/α-hetero) is 2. The van der Waals surface area contributed by atoms with Crippen LogP contribution >= 0.6 is 11.6 Å². The minimum atomic E-state index is -0.676. The summed E-state index contributed by atoms with van der Waals surface area (Å²) < 4.78 is 16.9. The van der Waals surface area contributed by atoms with Crippen molar-refractivity contribution in [3.63, 3.8) is 0 Å². The van der Waals surface area contributed by atoms with Gasteiger partial charge in [0.05, 0.1) is 30.1 Å². The Morgan fingerprint density at radius 1 is 0.957 bits per heavy atom. The van der Waals surface area contributed by atoms with E-state index in [1.807, 2.05) is 42.5 Å². The lowest BCUT2D eigenvalue weighted by Gasteiger charge is -2.27. The highest BCUT2D eigenvalue weighted by molar-refractivity contribution is 6.32. The first kappa shape index (κ1) is 34.1. The lowest BCUT2D eigenvalue weighted by molar-refractivity contribution is 0.0927. The number of H-pyrrole nitrogens is 1. The Morgan fingerprint density at radius 2 is 1.67 bits per heavy atom. The number of halogens is 1. The Morgan fingerprint density at radius 3 is 2.30 bits per heavy atom. The Hall–Kier alpha value is -4.83. The molecule has 10 nitrogen and oxygen atoms in total. The van der Waals surface area contributed by atoms with E-state index in [0.717, 1.165) is 22.6 Å². The number of hydrogen-bond donors (Lipinski definition) is 3. The summed E-state index contributed by atoms with van der Waals surface area (Å²) in [7, 11) is 0. The van der Waals surface area contributed by atoms with Crippen LogP contribution in [0.15, 0.2) is 66.9 Å². The smallest absolute Gasteiger partial charge is 0.411 e. The Labute approximate surface area is 273 Å². The van der Waals surface area contributed by atoms with Gasteiger partial charge in [0.15, 0.2) is 17.5 Å². The van der Waals surface area contributed by atoms with Crippen LogP contribution in [0.3, 0.4) is 0 Å².